The zero-order valence-electron chi connectivity index (χ0n) is 17.9. The van der Waals surface area contributed by atoms with Gasteiger partial charge in [-0.2, -0.15) is 0 Å². The first-order valence-corrected chi connectivity index (χ1v) is 12.6. The van der Waals surface area contributed by atoms with Crippen LogP contribution < -0.4 is 9.47 Å². The molecule has 3 aliphatic heterocycles. The Hall–Kier alpha value is -1.37. The van der Waals surface area contributed by atoms with Gasteiger partial charge in [-0.3, -0.25) is 0 Å². The number of carbonyl (C=O) groups is 1. The molecule has 0 saturated carbocycles. The van der Waals surface area contributed by atoms with Crippen LogP contribution in [-0.4, -0.2) is 27.5 Å². The van der Waals surface area contributed by atoms with Crippen molar-refractivity contribution in [3.63, 3.8) is 0 Å². The summed E-state index contributed by atoms with van der Waals surface area (Å²) >= 11 is 0. The first kappa shape index (κ1) is 19.9. The van der Waals surface area contributed by atoms with Crippen molar-refractivity contribution in [2.24, 2.45) is 5.92 Å². The van der Waals surface area contributed by atoms with Gasteiger partial charge in [-0.1, -0.05) is 41.5 Å². The lowest BCUT2D eigenvalue weighted by molar-refractivity contribution is -0.117. The molecule has 1 aromatic carbocycles. The smallest absolute Gasteiger partial charge is 0.231 e. The highest BCUT2D eigenvalue weighted by Crippen LogP contribution is 2.61. The zero-order valence-corrected chi connectivity index (χ0v) is 18.9. The van der Waals surface area contributed by atoms with Gasteiger partial charge in [-0.05, 0) is 46.8 Å². The Balaban J connectivity index is 1.78. The highest BCUT2D eigenvalue weighted by molar-refractivity contribution is 6.77. The van der Waals surface area contributed by atoms with Crippen molar-refractivity contribution in [2.75, 3.05) is 6.79 Å². The average molecular weight is 405 g/mol. The van der Waals surface area contributed by atoms with Gasteiger partial charge < -0.3 is 23.4 Å². The number of hydrogen-bond acceptors (Lipinski definition) is 5. The minimum Gasteiger partial charge on any atom is -0.454 e. The van der Waals surface area contributed by atoms with Gasteiger partial charge in [0, 0.05) is 0 Å². The van der Waals surface area contributed by atoms with Crippen LogP contribution in [0.5, 0.6) is 11.5 Å². The van der Waals surface area contributed by atoms with Gasteiger partial charge in [0.2, 0.25) is 15.1 Å². The second-order valence-electron chi connectivity index (χ2n) is 9.50. The first-order chi connectivity index (χ1) is 13.2. The summed E-state index contributed by atoms with van der Waals surface area (Å²) in [4.78, 5) is 12.3. The third-order valence-corrected chi connectivity index (χ3v) is 13.3. The SMILES string of the molecule is CC(C)[Si](O[C@H]1[C@@H]2O[C@](C)(c3cc4c(cc32)OCO4)[C@@H]1C=O)(C(C)C)C(C)C. The summed E-state index contributed by atoms with van der Waals surface area (Å²) in [7, 11) is -2.16. The normalized spacial score (nSPS) is 30.6. The molecule has 3 heterocycles. The number of rotatable bonds is 6. The number of carbonyl (C=O) groups excluding carboxylic acids is 1. The maximum atomic E-state index is 12.3. The average Bonchev–Trinajstić information content (AvgIpc) is 3.26. The third-order valence-electron chi connectivity index (χ3n) is 7.24. The molecular weight excluding hydrogens is 372 g/mol. The number of hydrogen-bond donors (Lipinski definition) is 0. The Morgan fingerprint density at radius 2 is 1.64 bits per heavy atom. The highest BCUT2D eigenvalue weighted by Gasteiger charge is 2.63. The van der Waals surface area contributed by atoms with Crippen molar-refractivity contribution in [3.8, 4) is 11.5 Å². The van der Waals surface area contributed by atoms with Crippen molar-refractivity contribution in [3.05, 3.63) is 23.3 Å². The number of fused-ring (bicyclic) bond motifs is 6. The Bertz CT molecular complexity index is 768. The van der Waals surface area contributed by atoms with Crippen molar-refractivity contribution < 1.29 is 23.4 Å². The summed E-state index contributed by atoms with van der Waals surface area (Å²) in [5.41, 5.74) is 2.77. The quantitative estimate of drug-likeness (QED) is 0.488. The van der Waals surface area contributed by atoms with E-state index in [2.05, 4.69) is 41.5 Å². The van der Waals surface area contributed by atoms with E-state index in [9.17, 15) is 4.79 Å². The molecule has 0 aromatic heterocycles. The Labute approximate surface area is 168 Å². The minimum absolute atomic E-state index is 0.238. The van der Waals surface area contributed by atoms with E-state index in [-0.39, 0.29) is 24.9 Å². The van der Waals surface area contributed by atoms with E-state index in [1.54, 1.807) is 0 Å². The fourth-order valence-electron chi connectivity index (χ4n) is 6.00. The Kier molecular flexibility index (Phi) is 4.68. The van der Waals surface area contributed by atoms with Crippen LogP contribution in [-0.2, 0) is 19.6 Å². The lowest BCUT2D eigenvalue weighted by atomic mass is 9.74. The number of ether oxygens (including phenoxy) is 3. The van der Waals surface area contributed by atoms with Crippen LogP contribution in [0.25, 0.3) is 0 Å². The second-order valence-corrected chi connectivity index (χ2v) is 14.9. The molecule has 4 atom stereocenters. The van der Waals surface area contributed by atoms with E-state index in [0.29, 0.717) is 16.6 Å². The van der Waals surface area contributed by atoms with Gasteiger partial charge >= 0.3 is 0 Å². The van der Waals surface area contributed by atoms with Crippen molar-refractivity contribution in [2.45, 2.75) is 82.9 Å². The molecule has 0 unspecified atom stereocenters. The first-order valence-electron chi connectivity index (χ1n) is 10.4. The zero-order chi connectivity index (χ0) is 20.4. The van der Waals surface area contributed by atoms with Crippen LogP contribution in [0.2, 0.25) is 16.6 Å². The fraction of sp³-hybridized carbons (Fsp3) is 0.682. The predicted octanol–water partition coefficient (Wildman–Crippen LogP) is 5.09. The van der Waals surface area contributed by atoms with E-state index < -0.39 is 13.9 Å². The largest absolute Gasteiger partial charge is 0.454 e. The molecule has 28 heavy (non-hydrogen) atoms. The fourth-order valence-corrected chi connectivity index (χ4v) is 11.6. The second kappa shape index (κ2) is 6.57. The molecule has 3 aliphatic rings. The molecule has 6 heteroatoms. The van der Waals surface area contributed by atoms with Gasteiger partial charge in [0.15, 0.2) is 11.5 Å². The molecule has 0 amide bonds. The van der Waals surface area contributed by atoms with E-state index in [1.165, 1.54) is 0 Å². The molecular formula is C22H32O5Si. The molecule has 0 spiro atoms. The lowest BCUT2D eigenvalue weighted by Gasteiger charge is -2.46. The van der Waals surface area contributed by atoms with Crippen LogP contribution in [0.4, 0.5) is 0 Å². The van der Waals surface area contributed by atoms with Crippen LogP contribution in [0, 0.1) is 5.92 Å². The minimum atomic E-state index is -2.16. The predicted molar refractivity (Wildman–Crippen MR) is 109 cm³/mol. The van der Waals surface area contributed by atoms with E-state index in [4.69, 9.17) is 18.6 Å². The van der Waals surface area contributed by atoms with E-state index in [1.807, 2.05) is 19.1 Å². The summed E-state index contributed by atoms with van der Waals surface area (Å²) in [5.74, 6) is 1.15. The molecule has 0 aliphatic carbocycles. The standard InChI is InChI=1S/C22H32O5Si/c1-12(2)28(13(3)4,14(5)6)27-21-17(10-23)22(7)16-9-19-18(24-11-25-19)8-15(16)20(21)26-22/h8-10,12-14,17,20-21H,11H2,1-7H3/t17-,20-,21-,22-/m1/s1. The maximum Gasteiger partial charge on any atom is 0.231 e. The lowest BCUT2D eigenvalue weighted by Crippen LogP contribution is -2.53. The Morgan fingerprint density at radius 3 is 2.18 bits per heavy atom. The summed E-state index contributed by atoms with van der Waals surface area (Å²) < 4.78 is 24.7. The highest BCUT2D eigenvalue weighted by atomic mass is 28.4. The number of benzene rings is 1. The molecule has 1 fully saturated rings. The van der Waals surface area contributed by atoms with Gasteiger partial charge in [0.25, 0.3) is 0 Å². The third kappa shape index (κ3) is 2.47. The van der Waals surface area contributed by atoms with Crippen LogP contribution in [0.1, 0.15) is 65.7 Å². The molecule has 0 N–H and O–H groups in total. The maximum absolute atomic E-state index is 12.3. The van der Waals surface area contributed by atoms with Gasteiger partial charge in [-0.25, -0.2) is 0 Å². The summed E-state index contributed by atoms with van der Waals surface area (Å²) in [6.07, 6.45) is 0.542. The van der Waals surface area contributed by atoms with E-state index in [0.717, 1.165) is 28.9 Å². The van der Waals surface area contributed by atoms with Crippen molar-refractivity contribution >= 4 is 14.6 Å². The van der Waals surface area contributed by atoms with Gasteiger partial charge in [0.1, 0.15) is 18.0 Å². The molecule has 1 saturated heterocycles. The number of aldehydes is 1. The summed E-state index contributed by atoms with van der Waals surface area (Å²) in [5, 5.41) is 0. The van der Waals surface area contributed by atoms with Crippen LogP contribution in [0.15, 0.2) is 12.1 Å². The molecule has 154 valence electrons. The van der Waals surface area contributed by atoms with Crippen LogP contribution in [0.3, 0.4) is 0 Å². The van der Waals surface area contributed by atoms with Gasteiger partial charge in [-0.15, -0.1) is 0 Å². The molecule has 5 nitrogen and oxygen atoms in total. The summed E-state index contributed by atoms with van der Waals surface area (Å²) in [6, 6.07) is 4.01. The summed E-state index contributed by atoms with van der Waals surface area (Å²) in [6.45, 7) is 15.9. The molecule has 0 radical (unpaired) electrons. The monoisotopic (exact) mass is 404 g/mol. The van der Waals surface area contributed by atoms with Crippen molar-refractivity contribution in [1.29, 1.82) is 0 Å². The van der Waals surface area contributed by atoms with E-state index >= 15 is 0 Å². The van der Waals surface area contributed by atoms with Crippen molar-refractivity contribution in [1.82, 2.24) is 0 Å². The molecule has 2 bridgehead atoms. The van der Waals surface area contributed by atoms with Gasteiger partial charge in [0.05, 0.1) is 12.0 Å². The molecule has 1 aromatic rings. The molecule has 4 rings (SSSR count). The van der Waals surface area contributed by atoms with Crippen LogP contribution >= 0.6 is 0 Å². The topological polar surface area (TPSA) is 54.0 Å². The Morgan fingerprint density at radius 1 is 1.07 bits per heavy atom.